The molecule has 1 heterocycles. The zero-order valence-corrected chi connectivity index (χ0v) is 16.1. The third-order valence-electron chi connectivity index (χ3n) is 3.88. The Morgan fingerprint density at radius 2 is 1.90 bits per heavy atom. The molecule has 2 N–H and O–H groups in total. The average molecular weight is 411 g/mol. The smallest absolute Gasteiger partial charge is 0.274 e. The first-order valence-electron chi connectivity index (χ1n) is 9.04. The summed E-state index contributed by atoms with van der Waals surface area (Å²) in [6.45, 7) is 6.21. The third-order valence-corrected chi connectivity index (χ3v) is 3.88. The van der Waals surface area contributed by atoms with Crippen LogP contribution in [0.15, 0.2) is 67.2 Å². The monoisotopic (exact) mass is 411 g/mol. The second kappa shape index (κ2) is 9.62. The number of hydrogen-bond donors (Lipinski definition) is 2. The van der Waals surface area contributed by atoms with E-state index in [1.807, 2.05) is 13.0 Å². The van der Waals surface area contributed by atoms with E-state index in [1.54, 1.807) is 30.3 Å². The molecule has 0 aliphatic carbocycles. The molecular weight excluding hydrogens is 392 g/mol. The number of benzene rings is 2. The number of nitrogens with one attached hydrogen (secondary N) is 2. The number of anilines is 1. The Morgan fingerprint density at radius 3 is 2.67 bits per heavy atom. The highest BCUT2D eigenvalue weighted by Crippen LogP contribution is 2.23. The number of rotatable bonds is 8. The molecule has 0 bridgehead atoms. The minimum atomic E-state index is -0.881. The van der Waals surface area contributed by atoms with Crippen LogP contribution in [-0.2, 0) is 4.84 Å². The van der Waals surface area contributed by atoms with Crippen molar-refractivity contribution in [3.8, 4) is 11.6 Å². The van der Waals surface area contributed by atoms with Gasteiger partial charge in [0.2, 0.25) is 5.88 Å². The maximum atomic E-state index is 13.8. The molecule has 30 heavy (non-hydrogen) atoms. The van der Waals surface area contributed by atoms with E-state index < -0.39 is 17.5 Å². The first kappa shape index (κ1) is 20.9. The molecule has 8 heteroatoms. The van der Waals surface area contributed by atoms with Crippen LogP contribution in [0, 0.1) is 11.6 Å². The maximum absolute atomic E-state index is 13.8. The summed E-state index contributed by atoms with van der Waals surface area (Å²) in [6, 6.07) is 14.5. The van der Waals surface area contributed by atoms with E-state index in [1.165, 1.54) is 6.07 Å². The van der Waals surface area contributed by atoms with Crippen LogP contribution in [0.5, 0.6) is 11.6 Å². The predicted molar refractivity (Wildman–Crippen MR) is 109 cm³/mol. The van der Waals surface area contributed by atoms with E-state index in [-0.39, 0.29) is 17.3 Å². The molecule has 0 aliphatic rings. The zero-order valence-electron chi connectivity index (χ0n) is 16.1. The lowest BCUT2D eigenvalue weighted by Gasteiger charge is -2.11. The number of halogens is 2. The standard InChI is InChI=1S/C22H19F2N3O3/c1-3-29-27-14(2)15-6-4-7-17(12-15)30-21-9-5-8-20(25-21)22(28)26-19-11-10-16(23)13-18(19)24/h4-13,27H,2-3H2,1H3,(H,26,28). The minimum absolute atomic E-state index is 0.00908. The quantitative estimate of drug-likeness (QED) is 0.515. The van der Waals surface area contributed by atoms with Crippen molar-refractivity contribution in [2.45, 2.75) is 6.92 Å². The van der Waals surface area contributed by atoms with Gasteiger partial charge in [-0.3, -0.25) is 15.1 Å². The number of nitrogens with zero attached hydrogens (tertiary/aromatic N) is 1. The van der Waals surface area contributed by atoms with Crippen LogP contribution in [0.3, 0.4) is 0 Å². The Kier molecular flexibility index (Phi) is 6.71. The van der Waals surface area contributed by atoms with Crippen LogP contribution < -0.4 is 15.5 Å². The van der Waals surface area contributed by atoms with Crippen LogP contribution >= 0.6 is 0 Å². The molecule has 0 radical (unpaired) electrons. The molecule has 6 nitrogen and oxygen atoms in total. The van der Waals surface area contributed by atoms with E-state index >= 15 is 0 Å². The Morgan fingerprint density at radius 1 is 1.10 bits per heavy atom. The van der Waals surface area contributed by atoms with Gasteiger partial charge in [0.1, 0.15) is 23.1 Å². The number of ether oxygens (including phenoxy) is 1. The van der Waals surface area contributed by atoms with Crippen molar-refractivity contribution in [2.24, 2.45) is 0 Å². The van der Waals surface area contributed by atoms with E-state index in [9.17, 15) is 13.6 Å². The highest BCUT2D eigenvalue weighted by Gasteiger charge is 2.13. The number of aromatic nitrogens is 1. The first-order chi connectivity index (χ1) is 14.5. The van der Waals surface area contributed by atoms with Crippen molar-refractivity contribution in [2.75, 3.05) is 11.9 Å². The normalized spacial score (nSPS) is 10.4. The molecule has 0 atom stereocenters. The fourth-order valence-electron chi connectivity index (χ4n) is 2.46. The van der Waals surface area contributed by atoms with Crippen molar-refractivity contribution in [1.82, 2.24) is 10.5 Å². The Hall–Kier alpha value is -3.78. The lowest BCUT2D eigenvalue weighted by molar-refractivity contribution is 0.0901. The molecule has 0 aliphatic heterocycles. The van der Waals surface area contributed by atoms with Gasteiger partial charge in [-0.25, -0.2) is 13.8 Å². The second-order valence-electron chi connectivity index (χ2n) is 6.08. The Labute approximate surface area is 172 Å². The maximum Gasteiger partial charge on any atom is 0.274 e. The van der Waals surface area contributed by atoms with E-state index in [0.717, 1.165) is 17.7 Å². The number of hydrogen-bond acceptors (Lipinski definition) is 5. The summed E-state index contributed by atoms with van der Waals surface area (Å²) in [4.78, 5) is 21.6. The van der Waals surface area contributed by atoms with Gasteiger partial charge < -0.3 is 10.1 Å². The van der Waals surface area contributed by atoms with Crippen LogP contribution in [0.4, 0.5) is 14.5 Å². The van der Waals surface area contributed by atoms with Crippen LogP contribution in [-0.4, -0.2) is 17.5 Å². The second-order valence-corrected chi connectivity index (χ2v) is 6.08. The van der Waals surface area contributed by atoms with Gasteiger partial charge in [0.05, 0.1) is 18.0 Å². The van der Waals surface area contributed by atoms with E-state index in [4.69, 9.17) is 9.57 Å². The Bertz CT molecular complexity index is 1070. The number of amides is 1. The minimum Gasteiger partial charge on any atom is -0.439 e. The Balaban J connectivity index is 1.72. The summed E-state index contributed by atoms with van der Waals surface area (Å²) >= 11 is 0. The van der Waals surface area contributed by atoms with Gasteiger partial charge >= 0.3 is 0 Å². The molecule has 2 aromatic carbocycles. The summed E-state index contributed by atoms with van der Waals surface area (Å²) in [5.74, 6) is -1.63. The van der Waals surface area contributed by atoms with Gasteiger partial charge in [0, 0.05) is 17.7 Å². The first-order valence-corrected chi connectivity index (χ1v) is 9.04. The van der Waals surface area contributed by atoms with Crippen molar-refractivity contribution >= 4 is 17.3 Å². The summed E-state index contributed by atoms with van der Waals surface area (Å²) in [5.41, 5.74) is 3.89. The molecule has 3 aromatic rings. The van der Waals surface area contributed by atoms with Crippen molar-refractivity contribution in [3.05, 3.63) is 90.1 Å². The predicted octanol–water partition coefficient (Wildman–Crippen LogP) is 4.92. The summed E-state index contributed by atoms with van der Waals surface area (Å²) < 4.78 is 32.5. The van der Waals surface area contributed by atoms with Crippen LogP contribution in [0.1, 0.15) is 23.0 Å². The highest BCUT2D eigenvalue weighted by atomic mass is 19.1. The van der Waals surface area contributed by atoms with Gasteiger partial charge in [-0.05, 0) is 37.3 Å². The van der Waals surface area contributed by atoms with Gasteiger partial charge in [-0.15, -0.1) is 0 Å². The highest BCUT2D eigenvalue weighted by molar-refractivity contribution is 6.03. The number of carbonyl (C=O) groups is 1. The molecule has 1 amide bonds. The topological polar surface area (TPSA) is 72.5 Å². The van der Waals surface area contributed by atoms with Crippen molar-refractivity contribution < 1.29 is 23.1 Å². The van der Waals surface area contributed by atoms with Gasteiger partial charge in [-0.1, -0.05) is 24.8 Å². The lowest BCUT2D eigenvalue weighted by atomic mass is 10.2. The van der Waals surface area contributed by atoms with Gasteiger partial charge in [0.25, 0.3) is 5.91 Å². The number of hydroxylamine groups is 1. The molecule has 154 valence electrons. The van der Waals surface area contributed by atoms with Crippen LogP contribution in [0.25, 0.3) is 5.70 Å². The lowest BCUT2D eigenvalue weighted by Crippen LogP contribution is -2.15. The van der Waals surface area contributed by atoms with E-state index in [0.29, 0.717) is 24.1 Å². The molecule has 0 saturated carbocycles. The molecule has 1 aromatic heterocycles. The van der Waals surface area contributed by atoms with E-state index in [2.05, 4.69) is 22.4 Å². The third kappa shape index (κ3) is 5.39. The molecule has 0 spiro atoms. The molecular formula is C22H19F2N3O3. The molecule has 0 fully saturated rings. The largest absolute Gasteiger partial charge is 0.439 e. The fourth-order valence-corrected chi connectivity index (χ4v) is 2.46. The van der Waals surface area contributed by atoms with Gasteiger partial charge in [0.15, 0.2) is 0 Å². The van der Waals surface area contributed by atoms with Crippen LogP contribution in [0.2, 0.25) is 0 Å². The zero-order chi connectivity index (χ0) is 21.5. The molecule has 3 rings (SSSR count). The summed E-state index contributed by atoms with van der Waals surface area (Å²) in [5, 5.41) is 2.36. The molecule has 0 saturated heterocycles. The summed E-state index contributed by atoms with van der Waals surface area (Å²) in [7, 11) is 0. The van der Waals surface area contributed by atoms with Gasteiger partial charge in [-0.2, -0.15) is 0 Å². The summed E-state index contributed by atoms with van der Waals surface area (Å²) in [6.07, 6.45) is 0. The number of carbonyl (C=O) groups excluding carboxylic acids is 1. The van der Waals surface area contributed by atoms with Crippen molar-refractivity contribution in [3.63, 3.8) is 0 Å². The van der Waals surface area contributed by atoms with Crippen molar-refractivity contribution in [1.29, 1.82) is 0 Å². The SMILES string of the molecule is C=C(NOCC)c1cccc(Oc2cccc(C(=O)Nc3ccc(F)cc3F)n2)c1. The average Bonchev–Trinajstić information content (AvgIpc) is 2.74. The molecule has 0 unspecified atom stereocenters. The number of pyridine rings is 1. The fraction of sp³-hybridized carbons (Fsp3) is 0.0909.